The zero-order valence-electron chi connectivity index (χ0n) is 17.3. The first-order chi connectivity index (χ1) is 13.1. The van der Waals surface area contributed by atoms with Gasteiger partial charge in [0.2, 0.25) is 0 Å². The van der Waals surface area contributed by atoms with Crippen LogP contribution in [0.25, 0.3) is 0 Å². The molecule has 0 saturated heterocycles. The van der Waals surface area contributed by atoms with Crippen LogP contribution in [0, 0.1) is 20.8 Å². The SMILES string of the molecule is CC(C)c1ccccc1.Cc1ccc(C)cc1.Cc1ccc(S(=O)(=O)O)cc1. The predicted molar refractivity (Wildman–Crippen MR) is 117 cm³/mol. The smallest absolute Gasteiger partial charge is 0.282 e. The van der Waals surface area contributed by atoms with Crippen molar-refractivity contribution in [3.8, 4) is 0 Å². The van der Waals surface area contributed by atoms with E-state index >= 15 is 0 Å². The summed E-state index contributed by atoms with van der Waals surface area (Å²) in [5.41, 5.74) is 5.03. The number of aryl methyl sites for hydroxylation is 3. The fraction of sp³-hybridized carbons (Fsp3) is 0.250. The van der Waals surface area contributed by atoms with Gasteiger partial charge < -0.3 is 0 Å². The maximum Gasteiger partial charge on any atom is 0.294 e. The summed E-state index contributed by atoms with van der Waals surface area (Å²) >= 11 is 0. The standard InChI is InChI=1S/C9H12.C8H10.C7H8O3S/c1-8(2)9-6-4-3-5-7-9;1-7-3-5-8(2)6-4-7;1-6-2-4-7(5-3-6)11(8,9)10/h3-8H,1-2H3;3-6H,1-2H3;2-5H,1H3,(H,8,9,10). The van der Waals surface area contributed by atoms with Crippen molar-refractivity contribution < 1.29 is 13.0 Å². The van der Waals surface area contributed by atoms with Gasteiger partial charge in [-0.3, -0.25) is 4.55 Å². The first-order valence-corrected chi connectivity index (χ1v) is 10.7. The van der Waals surface area contributed by atoms with Crippen LogP contribution < -0.4 is 0 Å². The second-order valence-electron chi connectivity index (χ2n) is 7.01. The quantitative estimate of drug-likeness (QED) is 0.511. The Bertz CT molecular complexity index is 891. The Labute approximate surface area is 169 Å². The number of hydrogen-bond acceptors (Lipinski definition) is 2. The second kappa shape index (κ2) is 11.4. The van der Waals surface area contributed by atoms with E-state index in [-0.39, 0.29) is 4.90 Å². The summed E-state index contributed by atoms with van der Waals surface area (Å²) in [4.78, 5) is -0.0666. The van der Waals surface area contributed by atoms with Crippen molar-refractivity contribution in [2.75, 3.05) is 0 Å². The first-order valence-electron chi connectivity index (χ1n) is 9.22. The van der Waals surface area contributed by atoms with E-state index in [4.69, 9.17) is 4.55 Å². The van der Waals surface area contributed by atoms with Crippen LogP contribution in [0.5, 0.6) is 0 Å². The van der Waals surface area contributed by atoms with Crippen molar-refractivity contribution in [1.29, 1.82) is 0 Å². The van der Waals surface area contributed by atoms with Crippen molar-refractivity contribution in [1.82, 2.24) is 0 Å². The normalized spacial score (nSPS) is 10.4. The Morgan fingerprint density at radius 3 is 1.29 bits per heavy atom. The molecule has 150 valence electrons. The average molecular weight is 399 g/mol. The zero-order chi connectivity index (χ0) is 21.2. The monoisotopic (exact) mass is 398 g/mol. The molecule has 0 fully saturated rings. The van der Waals surface area contributed by atoms with E-state index < -0.39 is 10.1 Å². The van der Waals surface area contributed by atoms with Gasteiger partial charge in [-0.15, -0.1) is 0 Å². The van der Waals surface area contributed by atoms with E-state index in [0.717, 1.165) is 5.56 Å². The van der Waals surface area contributed by atoms with Crippen LogP contribution in [0.3, 0.4) is 0 Å². The third-order valence-corrected chi connectivity index (χ3v) is 4.87. The minimum atomic E-state index is -4.02. The van der Waals surface area contributed by atoms with Gasteiger partial charge in [0.25, 0.3) is 10.1 Å². The van der Waals surface area contributed by atoms with Gasteiger partial charge in [0.1, 0.15) is 0 Å². The highest BCUT2D eigenvalue weighted by Crippen LogP contribution is 2.11. The highest BCUT2D eigenvalue weighted by atomic mass is 32.2. The molecular formula is C24H30O3S. The van der Waals surface area contributed by atoms with Crippen LogP contribution in [0.4, 0.5) is 0 Å². The fourth-order valence-corrected chi connectivity index (χ4v) is 2.67. The second-order valence-corrected chi connectivity index (χ2v) is 8.43. The fourth-order valence-electron chi connectivity index (χ4n) is 2.19. The van der Waals surface area contributed by atoms with E-state index in [1.807, 2.05) is 13.0 Å². The van der Waals surface area contributed by atoms with Crippen LogP contribution in [-0.2, 0) is 10.1 Å². The molecule has 0 atom stereocenters. The number of hydrogen-bond donors (Lipinski definition) is 1. The number of rotatable bonds is 2. The lowest BCUT2D eigenvalue weighted by atomic mass is 10.0. The molecule has 28 heavy (non-hydrogen) atoms. The first kappa shape index (κ1) is 23.6. The van der Waals surface area contributed by atoms with Crippen LogP contribution in [-0.4, -0.2) is 13.0 Å². The van der Waals surface area contributed by atoms with E-state index in [2.05, 4.69) is 76.2 Å². The van der Waals surface area contributed by atoms with Crippen LogP contribution in [0.1, 0.15) is 42.0 Å². The highest BCUT2D eigenvalue weighted by molar-refractivity contribution is 7.85. The third kappa shape index (κ3) is 9.49. The molecule has 1 N–H and O–H groups in total. The van der Waals surface area contributed by atoms with Gasteiger partial charge in [0.15, 0.2) is 0 Å². The molecule has 0 saturated carbocycles. The van der Waals surface area contributed by atoms with Crippen molar-refractivity contribution in [3.63, 3.8) is 0 Å². The van der Waals surface area contributed by atoms with Gasteiger partial charge in [-0.2, -0.15) is 8.42 Å². The Morgan fingerprint density at radius 1 is 0.643 bits per heavy atom. The average Bonchev–Trinajstić information content (AvgIpc) is 2.65. The van der Waals surface area contributed by atoms with Crippen molar-refractivity contribution in [3.05, 3.63) is 101 Å². The molecule has 0 spiro atoms. The van der Waals surface area contributed by atoms with E-state index in [1.54, 1.807) is 12.1 Å². The zero-order valence-corrected chi connectivity index (χ0v) is 18.1. The van der Waals surface area contributed by atoms with Crippen LogP contribution >= 0.6 is 0 Å². The molecule has 3 aromatic carbocycles. The lowest BCUT2D eigenvalue weighted by Crippen LogP contribution is -1.96. The summed E-state index contributed by atoms with van der Waals surface area (Å²) in [5.74, 6) is 0.659. The highest BCUT2D eigenvalue weighted by Gasteiger charge is 2.06. The molecule has 4 heteroatoms. The van der Waals surface area contributed by atoms with Gasteiger partial charge in [0, 0.05) is 0 Å². The van der Waals surface area contributed by atoms with Crippen molar-refractivity contribution in [2.45, 2.75) is 45.4 Å². The Balaban J connectivity index is 0.000000213. The molecule has 0 aliphatic rings. The topological polar surface area (TPSA) is 54.4 Å². The molecule has 0 aromatic heterocycles. The molecule has 3 rings (SSSR count). The molecule has 0 aliphatic carbocycles. The summed E-state index contributed by atoms with van der Waals surface area (Å²) < 4.78 is 29.6. The molecule has 0 aliphatic heterocycles. The largest absolute Gasteiger partial charge is 0.294 e. The summed E-state index contributed by atoms with van der Waals surface area (Å²) in [5, 5.41) is 0. The maximum absolute atomic E-state index is 10.5. The molecule has 0 radical (unpaired) electrons. The van der Waals surface area contributed by atoms with Gasteiger partial charge in [0.05, 0.1) is 4.90 Å². The molecule has 0 amide bonds. The summed E-state index contributed by atoms with van der Waals surface area (Å²) in [7, 11) is -4.02. The summed E-state index contributed by atoms with van der Waals surface area (Å²) in [6.07, 6.45) is 0. The molecule has 0 heterocycles. The lowest BCUT2D eigenvalue weighted by molar-refractivity contribution is 0.483. The van der Waals surface area contributed by atoms with E-state index in [9.17, 15) is 8.42 Å². The van der Waals surface area contributed by atoms with Crippen molar-refractivity contribution >= 4 is 10.1 Å². The van der Waals surface area contributed by atoms with Gasteiger partial charge in [-0.05, 0) is 44.4 Å². The Hall–Kier alpha value is -2.43. The third-order valence-electron chi connectivity index (χ3n) is 4.00. The van der Waals surface area contributed by atoms with Gasteiger partial charge >= 0.3 is 0 Å². The van der Waals surface area contributed by atoms with Crippen LogP contribution in [0.15, 0.2) is 83.8 Å². The molecule has 3 aromatic rings. The molecule has 3 nitrogen and oxygen atoms in total. The minimum Gasteiger partial charge on any atom is -0.282 e. The van der Waals surface area contributed by atoms with E-state index in [1.165, 1.54) is 28.8 Å². The Morgan fingerprint density at radius 2 is 1.00 bits per heavy atom. The lowest BCUT2D eigenvalue weighted by Gasteiger charge is -2.01. The Kier molecular flexibility index (Phi) is 9.63. The predicted octanol–water partition coefficient (Wildman–Crippen LogP) is 6.36. The summed E-state index contributed by atoms with van der Waals surface area (Å²) in [6.45, 7) is 10.4. The maximum atomic E-state index is 10.5. The van der Waals surface area contributed by atoms with E-state index in [0.29, 0.717) is 5.92 Å². The molecule has 0 unspecified atom stereocenters. The van der Waals surface area contributed by atoms with Crippen LogP contribution in [0.2, 0.25) is 0 Å². The minimum absolute atomic E-state index is 0.0666. The van der Waals surface area contributed by atoms with Crippen molar-refractivity contribution in [2.24, 2.45) is 0 Å². The number of benzene rings is 3. The van der Waals surface area contributed by atoms with Gasteiger partial charge in [-0.25, -0.2) is 0 Å². The summed E-state index contributed by atoms with van der Waals surface area (Å²) in [6, 6.07) is 25.0. The van der Waals surface area contributed by atoms with Gasteiger partial charge in [-0.1, -0.05) is 97.3 Å². The molecular weight excluding hydrogens is 368 g/mol. The molecule has 0 bridgehead atoms.